The minimum atomic E-state index is -0.437. The van der Waals surface area contributed by atoms with Crippen LogP contribution in [0.15, 0.2) is 95.3 Å². The molecule has 0 spiro atoms. The fourth-order valence-electron chi connectivity index (χ4n) is 4.59. The number of nitrogens with zero attached hydrogens (tertiary/aromatic N) is 3. The van der Waals surface area contributed by atoms with E-state index in [1.165, 1.54) is 5.56 Å². The first-order valence-corrected chi connectivity index (χ1v) is 14.2. The van der Waals surface area contributed by atoms with E-state index in [9.17, 15) is 4.79 Å². The van der Waals surface area contributed by atoms with Gasteiger partial charge in [0.25, 0.3) is 5.91 Å². The summed E-state index contributed by atoms with van der Waals surface area (Å²) >= 11 is 1.61. The quantitative estimate of drug-likeness (QED) is 0.220. The Hall–Kier alpha value is -4.04. The van der Waals surface area contributed by atoms with Gasteiger partial charge in [0, 0.05) is 23.6 Å². The van der Waals surface area contributed by atoms with Crippen LogP contribution in [0, 0.1) is 6.92 Å². The number of benzene rings is 3. The van der Waals surface area contributed by atoms with Crippen LogP contribution in [0.4, 0.5) is 11.6 Å². The maximum Gasteiger partial charge on any atom is 0.255 e. The molecule has 1 aromatic heterocycles. The summed E-state index contributed by atoms with van der Waals surface area (Å²) in [6.07, 6.45) is 1.86. The number of hydrogen-bond acceptors (Lipinski definition) is 6. The summed E-state index contributed by atoms with van der Waals surface area (Å²) in [5.41, 5.74) is 5.35. The highest BCUT2D eigenvalue weighted by atomic mass is 32.2. The van der Waals surface area contributed by atoms with E-state index >= 15 is 0 Å². The molecule has 5 rings (SSSR count). The summed E-state index contributed by atoms with van der Waals surface area (Å²) in [5.74, 6) is 2.16. The number of rotatable bonds is 10. The standard InChI is InChI=1S/C31H33N5O2S/c1-4-19-39-31-34-30-32-22(3)27(29(37)33-25-12-8-9-21(2)20-25)28(36(30)35-31)24-13-15-26(16-14-24)38-18-17-23-10-6-5-7-11-23/h5-16,20,28H,4,17-19H2,1-3H3,(H,33,37)(H,32,34,35). The maximum atomic E-state index is 13.7. The number of carbonyl (C=O) groups excluding carboxylic acids is 1. The number of ether oxygens (including phenoxy) is 1. The lowest BCUT2D eigenvalue weighted by molar-refractivity contribution is -0.113. The van der Waals surface area contributed by atoms with Crippen LogP contribution in [0.25, 0.3) is 0 Å². The van der Waals surface area contributed by atoms with Gasteiger partial charge in [-0.1, -0.05) is 73.3 Å². The van der Waals surface area contributed by atoms with Crippen LogP contribution in [0.3, 0.4) is 0 Å². The first-order valence-electron chi connectivity index (χ1n) is 13.2. The first kappa shape index (κ1) is 26.6. The van der Waals surface area contributed by atoms with Gasteiger partial charge in [0.15, 0.2) is 0 Å². The van der Waals surface area contributed by atoms with Crippen molar-refractivity contribution in [1.29, 1.82) is 0 Å². The Morgan fingerprint density at radius 2 is 1.85 bits per heavy atom. The van der Waals surface area contributed by atoms with Crippen molar-refractivity contribution in [2.45, 2.75) is 44.8 Å². The number of aromatic nitrogens is 3. The van der Waals surface area contributed by atoms with E-state index in [1.807, 2.05) is 85.3 Å². The van der Waals surface area contributed by atoms with E-state index in [4.69, 9.17) is 14.8 Å². The molecule has 1 amide bonds. The minimum absolute atomic E-state index is 0.178. The third kappa shape index (κ3) is 6.34. The molecule has 7 nitrogen and oxygen atoms in total. The molecule has 0 fully saturated rings. The van der Waals surface area contributed by atoms with E-state index in [-0.39, 0.29) is 5.91 Å². The maximum absolute atomic E-state index is 13.7. The van der Waals surface area contributed by atoms with Crippen molar-refractivity contribution in [2.75, 3.05) is 23.0 Å². The molecule has 0 bridgehead atoms. The van der Waals surface area contributed by atoms with Gasteiger partial charge in [-0.25, -0.2) is 4.68 Å². The molecule has 1 aliphatic rings. The predicted molar refractivity (Wildman–Crippen MR) is 157 cm³/mol. The van der Waals surface area contributed by atoms with Gasteiger partial charge in [-0.2, -0.15) is 4.98 Å². The molecule has 4 aromatic rings. The lowest BCUT2D eigenvalue weighted by Gasteiger charge is -2.28. The van der Waals surface area contributed by atoms with Crippen LogP contribution in [-0.2, 0) is 11.2 Å². The molecule has 0 aliphatic carbocycles. The fourth-order valence-corrected chi connectivity index (χ4v) is 5.27. The monoisotopic (exact) mass is 539 g/mol. The van der Waals surface area contributed by atoms with Crippen LogP contribution >= 0.6 is 11.8 Å². The van der Waals surface area contributed by atoms with Crippen molar-refractivity contribution < 1.29 is 9.53 Å². The Labute approximate surface area is 233 Å². The topological polar surface area (TPSA) is 81.1 Å². The number of anilines is 2. The zero-order valence-corrected chi connectivity index (χ0v) is 23.3. The van der Waals surface area contributed by atoms with Crippen LogP contribution < -0.4 is 15.4 Å². The average Bonchev–Trinajstić information content (AvgIpc) is 3.34. The summed E-state index contributed by atoms with van der Waals surface area (Å²) in [6.45, 7) is 6.64. The molecule has 8 heteroatoms. The Morgan fingerprint density at radius 3 is 2.59 bits per heavy atom. The zero-order chi connectivity index (χ0) is 27.2. The zero-order valence-electron chi connectivity index (χ0n) is 22.5. The van der Waals surface area contributed by atoms with Gasteiger partial charge in [-0.05, 0) is 61.2 Å². The second kappa shape index (κ2) is 12.2. The summed E-state index contributed by atoms with van der Waals surface area (Å²) in [5, 5.41) is 11.9. The van der Waals surface area contributed by atoms with Crippen molar-refractivity contribution in [3.63, 3.8) is 0 Å². The van der Waals surface area contributed by atoms with E-state index in [2.05, 4.69) is 29.7 Å². The summed E-state index contributed by atoms with van der Waals surface area (Å²) in [7, 11) is 0. The molecule has 2 heterocycles. The Morgan fingerprint density at radius 1 is 1.05 bits per heavy atom. The number of nitrogens with one attached hydrogen (secondary N) is 2. The van der Waals surface area contributed by atoms with Crippen molar-refractivity contribution in [3.8, 4) is 5.75 Å². The van der Waals surface area contributed by atoms with Gasteiger partial charge < -0.3 is 15.4 Å². The Kier molecular flexibility index (Phi) is 8.32. The summed E-state index contributed by atoms with van der Waals surface area (Å²) in [6, 6.07) is 25.6. The largest absolute Gasteiger partial charge is 0.493 e. The molecule has 0 saturated carbocycles. The van der Waals surface area contributed by atoms with Crippen LogP contribution in [0.2, 0.25) is 0 Å². The normalized spacial score (nSPS) is 14.5. The lowest BCUT2D eigenvalue weighted by Crippen LogP contribution is -2.31. The summed E-state index contributed by atoms with van der Waals surface area (Å²) in [4.78, 5) is 18.4. The molecule has 0 saturated heterocycles. The SMILES string of the molecule is CCCSc1nc2n(n1)C(c1ccc(OCCc3ccccc3)cc1)C(C(=O)Nc1cccc(C)c1)=C(C)N2. The van der Waals surface area contributed by atoms with Crippen LogP contribution in [0.1, 0.15) is 43.0 Å². The highest BCUT2D eigenvalue weighted by Gasteiger charge is 2.34. The van der Waals surface area contributed by atoms with E-state index in [1.54, 1.807) is 11.8 Å². The van der Waals surface area contributed by atoms with E-state index in [0.717, 1.165) is 46.9 Å². The van der Waals surface area contributed by atoms with E-state index in [0.29, 0.717) is 23.3 Å². The lowest BCUT2D eigenvalue weighted by atomic mass is 9.95. The van der Waals surface area contributed by atoms with Crippen LogP contribution in [-0.4, -0.2) is 33.0 Å². The number of thioether (sulfide) groups is 1. The molecular weight excluding hydrogens is 506 g/mol. The van der Waals surface area contributed by atoms with Gasteiger partial charge in [-0.15, -0.1) is 5.10 Å². The Bertz CT molecular complexity index is 1460. The Balaban J connectivity index is 1.41. The molecule has 2 N–H and O–H groups in total. The van der Waals surface area contributed by atoms with E-state index < -0.39 is 6.04 Å². The molecule has 200 valence electrons. The van der Waals surface area contributed by atoms with Crippen LogP contribution in [0.5, 0.6) is 5.75 Å². The molecule has 1 unspecified atom stereocenters. The van der Waals surface area contributed by atoms with Gasteiger partial charge in [0.05, 0.1) is 12.2 Å². The number of allylic oxidation sites excluding steroid dienone is 1. The van der Waals surface area contributed by atoms with Gasteiger partial charge in [-0.3, -0.25) is 4.79 Å². The van der Waals surface area contributed by atoms with Gasteiger partial charge >= 0.3 is 0 Å². The smallest absolute Gasteiger partial charge is 0.255 e. The number of fused-ring (bicyclic) bond motifs is 1. The third-order valence-electron chi connectivity index (χ3n) is 6.49. The molecule has 1 aliphatic heterocycles. The second-order valence-corrected chi connectivity index (χ2v) is 10.6. The number of carbonyl (C=O) groups is 1. The molecular formula is C31H33N5O2S. The molecule has 0 radical (unpaired) electrons. The third-order valence-corrected chi connectivity index (χ3v) is 7.53. The van der Waals surface area contributed by atoms with Gasteiger partial charge in [0.2, 0.25) is 11.1 Å². The number of hydrogen-bond donors (Lipinski definition) is 2. The highest BCUT2D eigenvalue weighted by molar-refractivity contribution is 7.99. The van der Waals surface area contributed by atoms with Crippen molar-refractivity contribution in [2.24, 2.45) is 0 Å². The number of amides is 1. The van der Waals surface area contributed by atoms with Crippen molar-refractivity contribution in [3.05, 3.63) is 107 Å². The van der Waals surface area contributed by atoms with Crippen molar-refractivity contribution in [1.82, 2.24) is 14.8 Å². The van der Waals surface area contributed by atoms with Crippen molar-refractivity contribution >= 4 is 29.3 Å². The molecule has 39 heavy (non-hydrogen) atoms. The molecule has 3 aromatic carbocycles. The average molecular weight is 540 g/mol. The number of aryl methyl sites for hydroxylation is 1. The van der Waals surface area contributed by atoms with Gasteiger partial charge in [0.1, 0.15) is 11.8 Å². The first-order chi connectivity index (χ1) is 19.0. The summed E-state index contributed by atoms with van der Waals surface area (Å²) < 4.78 is 7.83. The fraction of sp³-hybridized carbons (Fsp3) is 0.258. The minimum Gasteiger partial charge on any atom is -0.493 e. The second-order valence-electron chi connectivity index (χ2n) is 9.55. The molecule has 1 atom stereocenters. The predicted octanol–water partition coefficient (Wildman–Crippen LogP) is 6.64. The highest BCUT2D eigenvalue weighted by Crippen LogP contribution is 2.37.